The van der Waals surface area contributed by atoms with E-state index in [1.54, 1.807) is 0 Å². The van der Waals surface area contributed by atoms with Crippen LogP contribution >= 0.6 is 26.5 Å². The maximum atomic E-state index is 9.60. The van der Waals surface area contributed by atoms with E-state index >= 15 is 0 Å². The van der Waals surface area contributed by atoms with Crippen molar-refractivity contribution in [1.29, 1.82) is 0 Å². The molecule has 0 fully saturated rings. The third-order valence-electron chi connectivity index (χ3n) is 0. The van der Waals surface area contributed by atoms with E-state index in [-0.39, 0.29) is 0 Å². The first-order valence-corrected chi connectivity index (χ1v) is 11.4. The van der Waals surface area contributed by atoms with Crippen LogP contribution in [0.2, 0.25) is 0 Å². The fourth-order valence-electron chi connectivity index (χ4n) is 0. The minimum absolute atomic E-state index is 3.93. The van der Waals surface area contributed by atoms with Gasteiger partial charge in [-0.1, -0.05) is 0 Å². The van der Waals surface area contributed by atoms with Crippen molar-refractivity contribution in [1.82, 2.24) is 0 Å². The standard InChI is InChI=1S/3ClH.O.Sb/h3*1H;;/q;;;;+3/p-3. The first-order chi connectivity index (χ1) is 2.00. The molecule has 0 N–H and O–H groups in total. The van der Waals surface area contributed by atoms with Crippen LogP contribution in [0.5, 0.6) is 0 Å². The molecule has 0 heterocycles. The number of hydrogen-bond acceptors (Lipinski definition) is 1. The summed E-state index contributed by atoms with van der Waals surface area (Å²) in [6.07, 6.45) is 0. The zero-order valence-electron chi connectivity index (χ0n) is 1.99. The Kier molecular flexibility index (Phi) is 2.56. The minimum atomic E-state index is -3.93. The molecule has 0 amide bonds. The van der Waals surface area contributed by atoms with Crippen LogP contribution in [0.1, 0.15) is 0 Å². The second-order valence-electron chi connectivity index (χ2n) is 0.399. The normalized spacial score (nSPS) is 11.8. The predicted octanol–water partition coefficient (Wildman–Crippen LogP) is 1.57. The molecule has 0 saturated carbocycles. The molecule has 0 aliphatic rings. The van der Waals surface area contributed by atoms with Crippen LogP contribution in [0.15, 0.2) is 0 Å². The van der Waals surface area contributed by atoms with Crippen molar-refractivity contribution in [2.75, 3.05) is 0 Å². The van der Waals surface area contributed by atoms with Crippen LogP contribution in [0, 0.1) is 0 Å². The van der Waals surface area contributed by atoms with E-state index < -0.39 is 15.4 Å². The summed E-state index contributed by atoms with van der Waals surface area (Å²) in [5.41, 5.74) is 0. The molecule has 0 radical (unpaired) electrons. The van der Waals surface area contributed by atoms with Crippen LogP contribution in [0.25, 0.3) is 0 Å². The van der Waals surface area contributed by atoms with Crippen molar-refractivity contribution in [3.8, 4) is 0 Å². The summed E-state index contributed by atoms with van der Waals surface area (Å²) < 4.78 is 9.60. The summed E-state index contributed by atoms with van der Waals surface area (Å²) in [5, 5.41) is 0. The van der Waals surface area contributed by atoms with Crippen LogP contribution in [-0.2, 0) is 3.02 Å². The van der Waals surface area contributed by atoms with Gasteiger partial charge in [-0.05, 0) is 0 Å². The molecule has 0 aromatic carbocycles. The molecule has 5 heavy (non-hydrogen) atoms. The third-order valence-corrected chi connectivity index (χ3v) is 0. The Balaban J connectivity index is 3.47. The average molecular weight is 244 g/mol. The van der Waals surface area contributed by atoms with Gasteiger partial charge < -0.3 is 0 Å². The number of hydrogen-bond donors (Lipinski definition) is 0. The van der Waals surface area contributed by atoms with E-state index in [4.69, 9.17) is 26.5 Å². The van der Waals surface area contributed by atoms with Gasteiger partial charge in [-0.25, -0.2) is 0 Å². The predicted molar refractivity (Wildman–Crippen MR) is 24.0 cm³/mol. The van der Waals surface area contributed by atoms with Crippen molar-refractivity contribution < 1.29 is 3.02 Å². The van der Waals surface area contributed by atoms with Crippen molar-refractivity contribution in [2.24, 2.45) is 0 Å². The fourth-order valence-corrected chi connectivity index (χ4v) is 0. The van der Waals surface area contributed by atoms with Crippen LogP contribution < -0.4 is 0 Å². The first kappa shape index (κ1) is 6.49. The molecule has 0 spiro atoms. The van der Waals surface area contributed by atoms with Crippen LogP contribution in [0.4, 0.5) is 0 Å². The monoisotopic (exact) mass is 242 g/mol. The van der Waals surface area contributed by atoms with E-state index in [1.165, 1.54) is 0 Å². The van der Waals surface area contributed by atoms with Crippen molar-refractivity contribution in [3.63, 3.8) is 0 Å². The summed E-state index contributed by atoms with van der Waals surface area (Å²) >= 11 is -3.93. The molecule has 0 aliphatic heterocycles. The molecule has 1 nitrogen and oxygen atoms in total. The maximum absolute atomic E-state index is 9.60. The summed E-state index contributed by atoms with van der Waals surface area (Å²) in [5.74, 6) is 0. The van der Waals surface area contributed by atoms with Gasteiger partial charge in [0.25, 0.3) is 0 Å². The Labute approximate surface area is 44.6 Å². The van der Waals surface area contributed by atoms with E-state index in [1.807, 2.05) is 0 Å². The molecule has 0 aromatic rings. The summed E-state index contributed by atoms with van der Waals surface area (Å²) in [6.45, 7) is 0. The van der Waals surface area contributed by atoms with Gasteiger partial charge in [-0.3, -0.25) is 0 Å². The first-order valence-electron chi connectivity index (χ1n) is 0.690. The van der Waals surface area contributed by atoms with Crippen LogP contribution in [0.3, 0.4) is 0 Å². The summed E-state index contributed by atoms with van der Waals surface area (Å²) in [7, 11) is 14.1. The van der Waals surface area contributed by atoms with Crippen LogP contribution in [-0.4, -0.2) is 15.4 Å². The van der Waals surface area contributed by atoms with Gasteiger partial charge in [0.1, 0.15) is 0 Å². The quantitative estimate of drug-likeness (QED) is 0.591. The van der Waals surface area contributed by atoms with Gasteiger partial charge in [-0.2, -0.15) is 0 Å². The average Bonchev–Trinajstić information content (AvgIpc) is 0.722. The second kappa shape index (κ2) is 1.97. The number of halogens is 3. The molecular weight excluding hydrogens is 244 g/mol. The van der Waals surface area contributed by atoms with Gasteiger partial charge in [0.05, 0.1) is 0 Å². The Morgan fingerprint density at radius 3 is 1.20 bits per heavy atom. The molecule has 32 valence electrons. The molecule has 5 heteroatoms. The molecule has 0 bridgehead atoms. The number of rotatable bonds is 0. The Hall–Kier alpha value is 1.49. The fraction of sp³-hybridized carbons (Fsp3) is 0. The summed E-state index contributed by atoms with van der Waals surface area (Å²) in [4.78, 5) is 0. The van der Waals surface area contributed by atoms with E-state index in [0.29, 0.717) is 0 Å². The van der Waals surface area contributed by atoms with E-state index in [0.717, 1.165) is 0 Å². The molecular formula is Cl3OSb. The van der Waals surface area contributed by atoms with Gasteiger partial charge in [-0.15, -0.1) is 0 Å². The topological polar surface area (TPSA) is 17.1 Å². The van der Waals surface area contributed by atoms with Crippen molar-refractivity contribution in [2.45, 2.75) is 0 Å². The molecule has 0 saturated heterocycles. The second-order valence-corrected chi connectivity index (χ2v) is 15.7. The van der Waals surface area contributed by atoms with Crippen molar-refractivity contribution in [3.05, 3.63) is 0 Å². The molecule has 0 aliphatic carbocycles. The van der Waals surface area contributed by atoms with Gasteiger partial charge in [0.2, 0.25) is 0 Å². The zero-order chi connectivity index (χ0) is 4.50. The van der Waals surface area contributed by atoms with Crippen molar-refractivity contribution >= 4 is 41.9 Å². The summed E-state index contributed by atoms with van der Waals surface area (Å²) in [6, 6.07) is 0. The molecule has 0 aromatic heterocycles. The van der Waals surface area contributed by atoms with E-state index in [9.17, 15) is 3.02 Å². The third kappa shape index (κ3) is 30.2. The Morgan fingerprint density at radius 2 is 1.20 bits per heavy atom. The molecule has 0 rings (SSSR count). The van der Waals surface area contributed by atoms with Gasteiger partial charge in [0.15, 0.2) is 0 Å². The molecule has 0 unspecified atom stereocenters. The Bertz CT molecular complexity index is 53.0. The SMILES string of the molecule is [O]=[Sb]([Cl])([Cl])[Cl]. The van der Waals surface area contributed by atoms with Gasteiger partial charge in [0, 0.05) is 0 Å². The van der Waals surface area contributed by atoms with E-state index in [2.05, 4.69) is 0 Å². The Morgan fingerprint density at radius 1 is 1.20 bits per heavy atom. The molecule has 0 atom stereocenters. The van der Waals surface area contributed by atoms with Gasteiger partial charge >= 0.3 is 44.9 Å². The zero-order valence-corrected chi connectivity index (χ0v) is 6.81.